The SMILES string of the molecule is CCC1CCC(N)C(c2ccc(OC)cc2C)C1. The van der Waals surface area contributed by atoms with Crippen LogP contribution in [0.2, 0.25) is 0 Å². The lowest BCUT2D eigenvalue weighted by atomic mass is 9.73. The minimum atomic E-state index is 0.319. The van der Waals surface area contributed by atoms with Gasteiger partial charge in [0.1, 0.15) is 5.75 Å². The van der Waals surface area contributed by atoms with Crippen molar-refractivity contribution in [2.45, 2.75) is 51.5 Å². The summed E-state index contributed by atoms with van der Waals surface area (Å²) < 4.78 is 5.28. The predicted molar refractivity (Wildman–Crippen MR) is 76.1 cm³/mol. The molecule has 3 atom stereocenters. The minimum Gasteiger partial charge on any atom is -0.497 e. The van der Waals surface area contributed by atoms with Crippen molar-refractivity contribution >= 4 is 0 Å². The molecule has 1 aliphatic carbocycles. The molecular formula is C16H25NO. The zero-order chi connectivity index (χ0) is 13.1. The zero-order valence-electron chi connectivity index (χ0n) is 11.8. The summed E-state index contributed by atoms with van der Waals surface area (Å²) >= 11 is 0. The predicted octanol–water partition coefficient (Wildman–Crippen LogP) is 3.62. The van der Waals surface area contributed by atoms with E-state index in [9.17, 15) is 0 Å². The third kappa shape index (κ3) is 2.69. The summed E-state index contributed by atoms with van der Waals surface area (Å²) in [6.45, 7) is 4.46. The molecule has 0 aromatic heterocycles. The number of nitrogens with two attached hydrogens (primary N) is 1. The molecule has 1 fully saturated rings. The molecule has 0 saturated heterocycles. The molecule has 100 valence electrons. The Morgan fingerprint density at radius 1 is 1.33 bits per heavy atom. The van der Waals surface area contributed by atoms with Crippen molar-refractivity contribution in [3.63, 3.8) is 0 Å². The molecule has 0 heterocycles. The van der Waals surface area contributed by atoms with Crippen LogP contribution in [-0.4, -0.2) is 13.2 Å². The summed E-state index contributed by atoms with van der Waals surface area (Å²) in [4.78, 5) is 0. The Balaban J connectivity index is 2.23. The Morgan fingerprint density at radius 3 is 2.72 bits per heavy atom. The van der Waals surface area contributed by atoms with Crippen LogP contribution in [0.5, 0.6) is 5.75 Å². The molecule has 0 amide bonds. The van der Waals surface area contributed by atoms with E-state index in [1.54, 1.807) is 7.11 Å². The van der Waals surface area contributed by atoms with Crippen LogP contribution in [0.25, 0.3) is 0 Å². The number of aryl methyl sites for hydroxylation is 1. The molecule has 18 heavy (non-hydrogen) atoms. The quantitative estimate of drug-likeness (QED) is 0.885. The van der Waals surface area contributed by atoms with E-state index in [0.29, 0.717) is 12.0 Å². The molecule has 0 aliphatic heterocycles. The molecule has 0 bridgehead atoms. The first-order chi connectivity index (χ1) is 8.65. The van der Waals surface area contributed by atoms with Gasteiger partial charge < -0.3 is 10.5 Å². The molecule has 0 spiro atoms. The first kappa shape index (κ1) is 13.4. The van der Waals surface area contributed by atoms with Crippen LogP contribution in [-0.2, 0) is 0 Å². The van der Waals surface area contributed by atoms with Crippen LogP contribution in [0.1, 0.15) is 49.7 Å². The average molecular weight is 247 g/mol. The third-order valence-corrected chi connectivity index (χ3v) is 4.47. The standard InChI is InChI=1S/C16H25NO/c1-4-12-5-8-16(17)15(10-12)14-7-6-13(18-3)9-11(14)2/h6-7,9,12,15-16H,4-5,8,10,17H2,1-3H3. The second-order valence-corrected chi connectivity index (χ2v) is 5.58. The highest BCUT2D eigenvalue weighted by Crippen LogP contribution is 2.38. The van der Waals surface area contributed by atoms with Crippen LogP contribution in [0.3, 0.4) is 0 Å². The van der Waals surface area contributed by atoms with Crippen LogP contribution in [0.4, 0.5) is 0 Å². The van der Waals surface area contributed by atoms with Gasteiger partial charge in [-0.05, 0) is 61.3 Å². The van der Waals surface area contributed by atoms with Gasteiger partial charge in [0.05, 0.1) is 7.11 Å². The Kier molecular flexibility index (Phi) is 4.28. The van der Waals surface area contributed by atoms with Crippen LogP contribution >= 0.6 is 0 Å². The molecule has 2 nitrogen and oxygen atoms in total. The first-order valence-corrected chi connectivity index (χ1v) is 7.05. The maximum Gasteiger partial charge on any atom is 0.119 e. The number of rotatable bonds is 3. The number of hydrogen-bond acceptors (Lipinski definition) is 2. The summed E-state index contributed by atoms with van der Waals surface area (Å²) in [6, 6.07) is 6.71. The molecule has 2 N–H and O–H groups in total. The highest BCUT2D eigenvalue weighted by Gasteiger charge is 2.29. The van der Waals surface area contributed by atoms with E-state index in [1.807, 2.05) is 0 Å². The Hall–Kier alpha value is -1.02. The van der Waals surface area contributed by atoms with Crippen molar-refractivity contribution in [2.24, 2.45) is 11.7 Å². The number of hydrogen-bond donors (Lipinski definition) is 1. The summed E-state index contributed by atoms with van der Waals surface area (Å²) in [7, 11) is 1.72. The zero-order valence-corrected chi connectivity index (χ0v) is 11.8. The minimum absolute atomic E-state index is 0.319. The van der Waals surface area contributed by atoms with Gasteiger partial charge in [-0.2, -0.15) is 0 Å². The normalized spacial score (nSPS) is 28.1. The van der Waals surface area contributed by atoms with Crippen molar-refractivity contribution in [2.75, 3.05) is 7.11 Å². The maximum absolute atomic E-state index is 6.34. The van der Waals surface area contributed by atoms with Crippen molar-refractivity contribution in [3.8, 4) is 5.75 Å². The van der Waals surface area contributed by atoms with E-state index in [1.165, 1.54) is 30.4 Å². The molecule has 1 aromatic rings. The maximum atomic E-state index is 6.34. The summed E-state index contributed by atoms with van der Waals surface area (Å²) in [5.74, 6) is 2.30. The Morgan fingerprint density at radius 2 is 2.11 bits per heavy atom. The lowest BCUT2D eigenvalue weighted by molar-refractivity contribution is 0.282. The van der Waals surface area contributed by atoms with Gasteiger partial charge in [0.2, 0.25) is 0 Å². The smallest absolute Gasteiger partial charge is 0.119 e. The third-order valence-electron chi connectivity index (χ3n) is 4.47. The molecule has 0 radical (unpaired) electrons. The Labute approximate surface area is 111 Å². The van der Waals surface area contributed by atoms with Gasteiger partial charge >= 0.3 is 0 Å². The molecule has 1 aromatic carbocycles. The fourth-order valence-corrected chi connectivity index (χ4v) is 3.20. The van der Waals surface area contributed by atoms with Crippen LogP contribution in [0, 0.1) is 12.8 Å². The van der Waals surface area contributed by atoms with Gasteiger partial charge in [-0.25, -0.2) is 0 Å². The lowest BCUT2D eigenvalue weighted by Crippen LogP contribution is -2.34. The van der Waals surface area contributed by atoms with Crippen molar-refractivity contribution in [3.05, 3.63) is 29.3 Å². The van der Waals surface area contributed by atoms with Crippen molar-refractivity contribution < 1.29 is 4.74 Å². The summed E-state index contributed by atoms with van der Waals surface area (Å²) in [5.41, 5.74) is 9.07. The van der Waals surface area contributed by atoms with E-state index >= 15 is 0 Å². The van der Waals surface area contributed by atoms with Gasteiger partial charge in [0, 0.05) is 6.04 Å². The van der Waals surface area contributed by atoms with E-state index in [4.69, 9.17) is 10.5 Å². The van der Waals surface area contributed by atoms with Gasteiger partial charge in [0.25, 0.3) is 0 Å². The topological polar surface area (TPSA) is 35.2 Å². The second kappa shape index (κ2) is 5.75. The molecule has 1 aliphatic rings. The van der Waals surface area contributed by atoms with Gasteiger partial charge in [-0.3, -0.25) is 0 Å². The second-order valence-electron chi connectivity index (χ2n) is 5.58. The highest BCUT2D eigenvalue weighted by atomic mass is 16.5. The van der Waals surface area contributed by atoms with E-state index in [-0.39, 0.29) is 0 Å². The monoisotopic (exact) mass is 247 g/mol. The van der Waals surface area contributed by atoms with Crippen LogP contribution in [0.15, 0.2) is 18.2 Å². The largest absolute Gasteiger partial charge is 0.497 e. The van der Waals surface area contributed by atoms with E-state index in [2.05, 4.69) is 32.0 Å². The molecule has 2 heteroatoms. The number of benzene rings is 1. The van der Waals surface area contributed by atoms with Gasteiger partial charge in [-0.1, -0.05) is 19.4 Å². The van der Waals surface area contributed by atoms with Crippen LogP contribution < -0.4 is 10.5 Å². The van der Waals surface area contributed by atoms with Crippen molar-refractivity contribution in [1.29, 1.82) is 0 Å². The van der Waals surface area contributed by atoms with Gasteiger partial charge in [-0.15, -0.1) is 0 Å². The number of ether oxygens (including phenoxy) is 1. The molecule has 3 unspecified atom stereocenters. The highest BCUT2D eigenvalue weighted by molar-refractivity contribution is 5.37. The number of methoxy groups -OCH3 is 1. The first-order valence-electron chi connectivity index (χ1n) is 7.05. The fourth-order valence-electron chi connectivity index (χ4n) is 3.20. The van der Waals surface area contributed by atoms with Gasteiger partial charge in [0.15, 0.2) is 0 Å². The molecule has 1 saturated carbocycles. The Bertz CT molecular complexity index is 402. The molecule has 2 rings (SSSR count). The lowest BCUT2D eigenvalue weighted by Gasteiger charge is -2.35. The summed E-state index contributed by atoms with van der Waals surface area (Å²) in [6.07, 6.45) is 4.97. The fraction of sp³-hybridized carbons (Fsp3) is 0.625. The molecular weight excluding hydrogens is 222 g/mol. The average Bonchev–Trinajstić information content (AvgIpc) is 2.39. The summed E-state index contributed by atoms with van der Waals surface area (Å²) in [5, 5.41) is 0. The van der Waals surface area contributed by atoms with E-state index < -0.39 is 0 Å². The van der Waals surface area contributed by atoms with Crippen molar-refractivity contribution in [1.82, 2.24) is 0 Å². The van der Waals surface area contributed by atoms with E-state index in [0.717, 1.165) is 18.1 Å².